The fourth-order valence-electron chi connectivity index (χ4n) is 1.26. The molecule has 0 heterocycles. The van der Waals surface area contributed by atoms with Crippen LogP contribution in [0.15, 0.2) is 24.3 Å². The summed E-state index contributed by atoms with van der Waals surface area (Å²) in [5.74, 6) is -1.24. The van der Waals surface area contributed by atoms with Crippen LogP contribution < -0.4 is 10.6 Å². The first-order valence-electron chi connectivity index (χ1n) is 5.23. The number of carboxylic acids is 1. The summed E-state index contributed by atoms with van der Waals surface area (Å²) in [6, 6.07) is 1.99. The quantitative estimate of drug-likeness (QED) is 0.746. The molecule has 102 valence electrons. The van der Waals surface area contributed by atoms with E-state index in [2.05, 4.69) is 17.2 Å². The van der Waals surface area contributed by atoms with Crippen molar-refractivity contribution in [2.24, 2.45) is 0 Å². The molecule has 19 heavy (non-hydrogen) atoms. The highest BCUT2D eigenvalue weighted by atomic mass is 35.5. The minimum absolute atomic E-state index is 0.00205. The normalized spacial score (nSPS) is 9.84. The fraction of sp³-hybridized carbons (Fsp3) is 0.167. The van der Waals surface area contributed by atoms with E-state index in [1.54, 1.807) is 6.92 Å². The molecule has 7 heteroatoms. The fourth-order valence-corrected chi connectivity index (χ4v) is 1.80. The molecule has 0 saturated carbocycles. The number of hydrogen-bond donors (Lipinski definition) is 3. The molecule has 0 fully saturated rings. The van der Waals surface area contributed by atoms with Gasteiger partial charge in [0.2, 0.25) is 0 Å². The number of carbonyl (C=O) groups excluding carboxylic acids is 1. The van der Waals surface area contributed by atoms with Gasteiger partial charge in [0.25, 0.3) is 0 Å². The van der Waals surface area contributed by atoms with E-state index in [1.807, 2.05) is 0 Å². The summed E-state index contributed by atoms with van der Waals surface area (Å²) in [6.45, 7) is 5.65. The predicted octanol–water partition coefficient (Wildman–Crippen LogP) is 3.39. The highest BCUT2D eigenvalue weighted by Crippen LogP contribution is 2.30. The van der Waals surface area contributed by atoms with Crippen molar-refractivity contribution in [3.63, 3.8) is 0 Å². The Balaban J connectivity index is 2.97. The van der Waals surface area contributed by atoms with Gasteiger partial charge in [0.1, 0.15) is 0 Å². The van der Waals surface area contributed by atoms with Gasteiger partial charge in [-0.1, -0.05) is 35.4 Å². The SMILES string of the molecule is C=C(C)CNC(=O)Nc1c(Cl)cc(Cl)cc1C(=O)O. The molecule has 0 radical (unpaired) electrons. The number of aromatic carboxylic acids is 1. The van der Waals surface area contributed by atoms with E-state index < -0.39 is 12.0 Å². The largest absolute Gasteiger partial charge is 0.478 e. The van der Waals surface area contributed by atoms with Gasteiger partial charge in [-0.05, 0) is 19.1 Å². The van der Waals surface area contributed by atoms with Gasteiger partial charge in [0.05, 0.1) is 16.3 Å². The van der Waals surface area contributed by atoms with Crippen molar-refractivity contribution in [1.29, 1.82) is 0 Å². The molecule has 3 N–H and O–H groups in total. The number of halogens is 2. The molecule has 0 atom stereocenters. The Morgan fingerprint density at radius 1 is 1.37 bits per heavy atom. The van der Waals surface area contributed by atoms with Gasteiger partial charge in [0.15, 0.2) is 0 Å². The lowest BCUT2D eigenvalue weighted by atomic mass is 10.2. The van der Waals surface area contributed by atoms with Crippen molar-refractivity contribution in [3.05, 3.63) is 39.9 Å². The Hall–Kier alpha value is -1.72. The molecule has 0 aliphatic heterocycles. The molecule has 1 aromatic carbocycles. The van der Waals surface area contributed by atoms with E-state index >= 15 is 0 Å². The van der Waals surface area contributed by atoms with Crippen molar-refractivity contribution in [2.45, 2.75) is 6.92 Å². The van der Waals surface area contributed by atoms with E-state index in [1.165, 1.54) is 12.1 Å². The molecular weight excluding hydrogens is 291 g/mol. The monoisotopic (exact) mass is 302 g/mol. The highest BCUT2D eigenvalue weighted by Gasteiger charge is 2.17. The number of anilines is 1. The van der Waals surface area contributed by atoms with E-state index in [-0.39, 0.29) is 27.8 Å². The maximum Gasteiger partial charge on any atom is 0.337 e. The second-order valence-corrected chi connectivity index (χ2v) is 4.72. The Morgan fingerprint density at radius 2 is 2.00 bits per heavy atom. The number of hydrogen-bond acceptors (Lipinski definition) is 2. The molecule has 1 aromatic rings. The molecule has 0 bridgehead atoms. The van der Waals surface area contributed by atoms with Crippen molar-refractivity contribution < 1.29 is 14.7 Å². The van der Waals surface area contributed by atoms with Gasteiger partial charge in [-0.15, -0.1) is 0 Å². The van der Waals surface area contributed by atoms with Crippen LogP contribution in [0, 0.1) is 0 Å². The third kappa shape index (κ3) is 4.46. The number of rotatable bonds is 4. The predicted molar refractivity (Wildman–Crippen MR) is 75.3 cm³/mol. The molecule has 0 aliphatic carbocycles. The first kappa shape index (κ1) is 15.3. The lowest BCUT2D eigenvalue weighted by Gasteiger charge is -2.12. The maximum absolute atomic E-state index is 11.6. The zero-order valence-corrected chi connectivity index (χ0v) is 11.6. The number of carboxylic acid groups (broad SMARTS) is 1. The van der Waals surface area contributed by atoms with Crippen LogP contribution in [-0.2, 0) is 0 Å². The standard InChI is InChI=1S/C12H12Cl2N2O3/c1-6(2)5-15-12(19)16-10-8(11(17)18)3-7(13)4-9(10)14/h3-4H,1,5H2,2H3,(H,17,18)(H2,15,16,19). The summed E-state index contributed by atoms with van der Waals surface area (Å²) < 4.78 is 0. The Kier molecular flexibility index (Phi) is 5.20. The van der Waals surface area contributed by atoms with Crippen LogP contribution in [0.3, 0.4) is 0 Å². The number of carbonyl (C=O) groups is 2. The Morgan fingerprint density at radius 3 is 2.53 bits per heavy atom. The highest BCUT2D eigenvalue weighted by molar-refractivity contribution is 6.37. The number of nitrogens with one attached hydrogen (secondary N) is 2. The summed E-state index contributed by atoms with van der Waals surface area (Å²) in [7, 11) is 0. The number of amides is 2. The molecule has 5 nitrogen and oxygen atoms in total. The lowest BCUT2D eigenvalue weighted by Crippen LogP contribution is -2.30. The van der Waals surface area contributed by atoms with Crippen LogP contribution in [0.1, 0.15) is 17.3 Å². The first-order valence-corrected chi connectivity index (χ1v) is 5.98. The molecule has 0 aliphatic rings. The second-order valence-electron chi connectivity index (χ2n) is 3.88. The number of benzene rings is 1. The van der Waals surface area contributed by atoms with Gasteiger partial charge in [0, 0.05) is 11.6 Å². The molecule has 0 unspecified atom stereocenters. The third-order valence-electron chi connectivity index (χ3n) is 2.07. The van der Waals surface area contributed by atoms with E-state index in [0.717, 1.165) is 5.57 Å². The topological polar surface area (TPSA) is 78.4 Å². The van der Waals surface area contributed by atoms with Crippen LogP contribution in [0.2, 0.25) is 10.0 Å². The molecule has 0 aromatic heterocycles. The zero-order chi connectivity index (χ0) is 14.6. The van der Waals surface area contributed by atoms with E-state index in [4.69, 9.17) is 28.3 Å². The van der Waals surface area contributed by atoms with Crippen molar-refractivity contribution in [2.75, 3.05) is 11.9 Å². The van der Waals surface area contributed by atoms with Gasteiger partial charge in [-0.2, -0.15) is 0 Å². The maximum atomic E-state index is 11.6. The summed E-state index contributed by atoms with van der Waals surface area (Å²) in [5, 5.41) is 14.2. The lowest BCUT2D eigenvalue weighted by molar-refractivity contribution is 0.0698. The van der Waals surface area contributed by atoms with E-state index in [9.17, 15) is 9.59 Å². The first-order chi connectivity index (χ1) is 8.81. The second kappa shape index (κ2) is 6.45. The molecule has 1 rings (SSSR count). The van der Waals surface area contributed by atoms with Crippen molar-refractivity contribution in [1.82, 2.24) is 5.32 Å². The summed E-state index contributed by atoms with van der Waals surface area (Å²) in [4.78, 5) is 22.7. The van der Waals surface area contributed by atoms with Gasteiger partial charge >= 0.3 is 12.0 Å². The minimum atomic E-state index is -1.24. The van der Waals surface area contributed by atoms with Crippen LogP contribution in [0.4, 0.5) is 10.5 Å². The molecular formula is C12H12Cl2N2O3. The summed E-state index contributed by atoms with van der Waals surface area (Å²) in [5.41, 5.74) is 0.580. The van der Waals surface area contributed by atoms with Gasteiger partial charge in [-0.25, -0.2) is 9.59 Å². The average molecular weight is 303 g/mol. The smallest absolute Gasteiger partial charge is 0.337 e. The van der Waals surface area contributed by atoms with Crippen LogP contribution in [0.5, 0.6) is 0 Å². The Bertz CT molecular complexity index is 544. The van der Waals surface area contributed by atoms with Crippen LogP contribution in [0.25, 0.3) is 0 Å². The number of urea groups is 1. The summed E-state index contributed by atoms with van der Waals surface area (Å²) in [6.07, 6.45) is 0. The summed E-state index contributed by atoms with van der Waals surface area (Å²) >= 11 is 11.6. The molecule has 0 saturated heterocycles. The van der Waals surface area contributed by atoms with Gasteiger partial charge < -0.3 is 15.7 Å². The van der Waals surface area contributed by atoms with E-state index in [0.29, 0.717) is 0 Å². The van der Waals surface area contributed by atoms with Crippen LogP contribution >= 0.6 is 23.2 Å². The molecule has 0 spiro atoms. The third-order valence-corrected chi connectivity index (χ3v) is 2.59. The zero-order valence-electron chi connectivity index (χ0n) is 10.1. The Labute approximate surface area is 120 Å². The minimum Gasteiger partial charge on any atom is -0.478 e. The van der Waals surface area contributed by atoms with Crippen molar-refractivity contribution >= 4 is 40.9 Å². The van der Waals surface area contributed by atoms with Crippen LogP contribution in [-0.4, -0.2) is 23.7 Å². The van der Waals surface area contributed by atoms with Gasteiger partial charge in [-0.3, -0.25) is 0 Å². The average Bonchev–Trinajstić information content (AvgIpc) is 2.29. The van der Waals surface area contributed by atoms with Crippen molar-refractivity contribution in [3.8, 4) is 0 Å². The molecule has 2 amide bonds.